The van der Waals surface area contributed by atoms with Crippen LogP contribution in [0.2, 0.25) is 0 Å². The van der Waals surface area contributed by atoms with E-state index in [1.165, 1.54) is 24.3 Å². The topological polar surface area (TPSA) is 38.9 Å². The van der Waals surface area contributed by atoms with Crippen LogP contribution in [0, 0.1) is 11.6 Å². The molecule has 2 N–H and O–H groups in total. The predicted molar refractivity (Wildman–Crippen MR) is 79.4 cm³/mol. The van der Waals surface area contributed by atoms with Crippen molar-refractivity contribution in [2.24, 2.45) is 0 Å². The van der Waals surface area contributed by atoms with Crippen LogP contribution in [-0.4, -0.2) is 4.98 Å². The number of hydrogen-bond donors (Lipinski definition) is 1. The molecule has 3 rings (SSSR count). The number of anilines is 1. The Morgan fingerprint density at radius 2 is 1.19 bits per heavy atom. The molecule has 2 aromatic carbocycles. The summed E-state index contributed by atoms with van der Waals surface area (Å²) < 4.78 is 26.0. The van der Waals surface area contributed by atoms with E-state index in [2.05, 4.69) is 4.98 Å². The van der Waals surface area contributed by atoms with Crippen LogP contribution in [0.3, 0.4) is 0 Å². The highest BCUT2D eigenvalue weighted by Crippen LogP contribution is 2.27. The molecule has 0 aliphatic rings. The van der Waals surface area contributed by atoms with E-state index >= 15 is 0 Å². The van der Waals surface area contributed by atoms with Crippen LogP contribution in [0.5, 0.6) is 0 Å². The van der Waals surface area contributed by atoms with Crippen molar-refractivity contribution >= 4 is 5.69 Å². The van der Waals surface area contributed by atoms with E-state index in [4.69, 9.17) is 5.73 Å². The SMILES string of the molecule is Nc1ccc(-c2ccc(F)cc2)nc1-c1ccc(F)cc1. The maximum absolute atomic E-state index is 13.0. The van der Waals surface area contributed by atoms with E-state index in [9.17, 15) is 8.78 Å². The summed E-state index contributed by atoms with van der Waals surface area (Å²) in [6.45, 7) is 0. The quantitative estimate of drug-likeness (QED) is 0.762. The highest BCUT2D eigenvalue weighted by Gasteiger charge is 2.08. The van der Waals surface area contributed by atoms with Crippen molar-refractivity contribution in [3.05, 3.63) is 72.3 Å². The number of rotatable bonds is 2. The molecule has 0 saturated carbocycles. The Labute approximate surface area is 120 Å². The Morgan fingerprint density at radius 3 is 1.76 bits per heavy atom. The number of hydrogen-bond acceptors (Lipinski definition) is 2. The normalized spacial score (nSPS) is 10.6. The van der Waals surface area contributed by atoms with Crippen molar-refractivity contribution in [2.45, 2.75) is 0 Å². The van der Waals surface area contributed by atoms with Gasteiger partial charge in [0, 0.05) is 11.1 Å². The molecule has 0 spiro atoms. The molecule has 0 aliphatic carbocycles. The van der Waals surface area contributed by atoms with Crippen molar-refractivity contribution in [1.82, 2.24) is 4.98 Å². The lowest BCUT2D eigenvalue weighted by molar-refractivity contribution is 0.627. The van der Waals surface area contributed by atoms with Crippen LogP contribution in [0.15, 0.2) is 60.7 Å². The van der Waals surface area contributed by atoms with Gasteiger partial charge in [-0.3, -0.25) is 0 Å². The van der Waals surface area contributed by atoms with Crippen molar-refractivity contribution in [2.75, 3.05) is 5.73 Å². The van der Waals surface area contributed by atoms with Gasteiger partial charge in [0.15, 0.2) is 0 Å². The predicted octanol–water partition coefficient (Wildman–Crippen LogP) is 4.28. The van der Waals surface area contributed by atoms with Gasteiger partial charge in [0.2, 0.25) is 0 Å². The maximum Gasteiger partial charge on any atom is 0.123 e. The minimum Gasteiger partial charge on any atom is -0.397 e. The van der Waals surface area contributed by atoms with Gasteiger partial charge in [-0.1, -0.05) is 0 Å². The number of benzene rings is 2. The molecule has 4 heteroatoms. The average Bonchev–Trinajstić information content (AvgIpc) is 2.50. The minimum atomic E-state index is -0.313. The lowest BCUT2D eigenvalue weighted by Gasteiger charge is -2.08. The first-order valence-corrected chi connectivity index (χ1v) is 6.42. The Bertz CT molecular complexity index is 766. The number of nitrogens with zero attached hydrogens (tertiary/aromatic N) is 1. The van der Waals surface area contributed by atoms with E-state index in [1.54, 1.807) is 36.4 Å². The number of halogens is 2. The molecule has 0 radical (unpaired) electrons. The lowest BCUT2D eigenvalue weighted by Crippen LogP contribution is -1.95. The molecule has 3 aromatic rings. The molecule has 0 fully saturated rings. The Hall–Kier alpha value is -2.75. The van der Waals surface area contributed by atoms with Gasteiger partial charge in [0.25, 0.3) is 0 Å². The van der Waals surface area contributed by atoms with Gasteiger partial charge < -0.3 is 5.73 Å². The second kappa shape index (κ2) is 5.32. The molecule has 0 bridgehead atoms. The number of aromatic nitrogens is 1. The maximum atomic E-state index is 13.0. The third-order valence-electron chi connectivity index (χ3n) is 3.18. The molecule has 0 atom stereocenters. The van der Waals surface area contributed by atoms with E-state index < -0.39 is 0 Å². The zero-order valence-electron chi connectivity index (χ0n) is 11.1. The Morgan fingerprint density at radius 1 is 0.667 bits per heavy atom. The third kappa shape index (κ3) is 2.74. The van der Waals surface area contributed by atoms with Gasteiger partial charge in [0.05, 0.1) is 17.1 Å². The largest absolute Gasteiger partial charge is 0.397 e. The fourth-order valence-electron chi connectivity index (χ4n) is 2.09. The van der Waals surface area contributed by atoms with Crippen molar-refractivity contribution in [3.63, 3.8) is 0 Å². The number of nitrogens with two attached hydrogens (primary N) is 1. The standard InChI is InChI=1S/C17H12F2N2/c18-13-5-1-11(2-6-13)16-10-9-15(20)17(21-16)12-3-7-14(19)8-4-12/h1-10H,20H2. The summed E-state index contributed by atoms with van der Waals surface area (Å²) in [7, 11) is 0. The van der Waals surface area contributed by atoms with Crippen LogP contribution >= 0.6 is 0 Å². The average molecular weight is 282 g/mol. The van der Waals surface area contributed by atoms with Crippen molar-refractivity contribution < 1.29 is 8.78 Å². The first-order chi connectivity index (χ1) is 10.1. The molecular formula is C17H12F2N2. The molecule has 104 valence electrons. The summed E-state index contributed by atoms with van der Waals surface area (Å²) in [4.78, 5) is 4.50. The molecule has 0 unspecified atom stereocenters. The summed E-state index contributed by atoms with van der Waals surface area (Å²) in [5.41, 5.74) is 9.24. The van der Waals surface area contributed by atoms with Crippen LogP contribution in [0.4, 0.5) is 14.5 Å². The minimum absolute atomic E-state index is 0.298. The summed E-state index contributed by atoms with van der Waals surface area (Å²) >= 11 is 0. The van der Waals surface area contributed by atoms with Crippen LogP contribution in [0.1, 0.15) is 0 Å². The molecule has 0 aliphatic heterocycles. The van der Waals surface area contributed by atoms with Crippen LogP contribution in [-0.2, 0) is 0 Å². The van der Waals surface area contributed by atoms with Gasteiger partial charge in [0.1, 0.15) is 11.6 Å². The Balaban J connectivity index is 2.07. The third-order valence-corrected chi connectivity index (χ3v) is 3.18. The van der Waals surface area contributed by atoms with Crippen molar-refractivity contribution in [1.29, 1.82) is 0 Å². The molecule has 0 amide bonds. The van der Waals surface area contributed by atoms with Gasteiger partial charge in [-0.2, -0.15) is 0 Å². The Kier molecular flexibility index (Phi) is 3.36. The molecular weight excluding hydrogens is 270 g/mol. The summed E-state index contributed by atoms with van der Waals surface area (Å²) in [5, 5.41) is 0. The molecule has 1 heterocycles. The molecule has 2 nitrogen and oxygen atoms in total. The van der Waals surface area contributed by atoms with Crippen molar-refractivity contribution in [3.8, 4) is 22.5 Å². The van der Waals surface area contributed by atoms with Gasteiger partial charge in [-0.05, 0) is 60.7 Å². The highest BCUT2D eigenvalue weighted by molar-refractivity contribution is 5.75. The summed E-state index contributed by atoms with van der Waals surface area (Å²) in [6, 6.07) is 15.6. The summed E-state index contributed by atoms with van der Waals surface area (Å²) in [6.07, 6.45) is 0. The zero-order chi connectivity index (χ0) is 14.8. The molecule has 1 aromatic heterocycles. The molecule has 21 heavy (non-hydrogen) atoms. The van der Waals surface area contributed by atoms with Crippen LogP contribution in [0.25, 0.3) is 22.5 Å². The zero-order valence-corrected chi connectivity index (χ0v) is 11.1. The second-order valence-corrected chi connectivity index (χ2v) is 4.65. The number of nitrogen functional groups attached to an aromatic ring is 1. The first kappa shape index (κ1) is 13.2. The lowest BCUT2D eigenvalue weighted by atomic mass is 10.1. The van der Waals surface area contributed by atoms with E-state index in [0.717, 1.165) is 11.1 Å². The highest BCUT2D eigenvalue weighted by atomic mass is 19.1. The van der Waals surface area contributed by atoms with Gasteiger partial charge in [-0.15, -0.1) is 0 Å². The first-order valence-electron chi connectivity index (χ1n) is 6.42. The van der Waals surface area contributed by atoms with E-state index in [0.29, 0.717) is 17.1 Å². The molecule has 0 saturated heterocycles. The fourth-order valence-corrected chi connectivity index (χ4v) is 2.09. The van der Waals surface area contributed by atoms with E-state index in [-0.39, 0.29) is 11.6 Å². The van der Waals surface area contributed by atoms with Gasteiger partial charge in [-0.25, -0.2) is 13.8 Å². The number of pyridine rings is 1. The second-order valence-electron chi connectivity index (χ2n) is 4.65. The van der Waals surface area contributed by atoms with Crippen LogP contribution < -0.4 is 5.73 Å². The fraction of sp³-hybridized carbons (Fsp3) is 0. The summed E-state index contributed by atoms with van der Waals surface area (Å²) in [5.74, 6) is -0.611. The monoisotopic (exact) mass is 282 g/mol. The van der Waals surface area contributed by atoms with E-state index in [1.807, 2.05) is 0 Å². The smallest absolute Gasteiger partial charge is 0.123 e. The van der Waals surface area contributed by atoms with Gasteiger partial charge >= 0.3 is 0 Å².